The molecule has 2 atom stereocenters. The molecule has 0 bridgehead atoms. The van der Waals surface area contributed by atoms with Crippen molar-refractivity contribution in [3.05, 3.63) is 0 Å². The van der Waals surface area contributed by atoms with Gasteiger partial charge in [-0.05, 0) is 12.8 Å². The quantitative estimate of drug-likeness (QED) is 0.0320. The molecule has 0 saturated carbocycles. The van der Waals surface area contributed by atoms with Crippen molar-refractivity contribution in [2.24, 2.45) is 5.73 Å². The van der Waals surface area contributed by atoms with Gasteiger partial charge in [0.25, 0.3) is 0 Å². The van der Waals surface area contributed by atoms with Crippen LogP contribution in [0.3, 0.4) is 0 Å². The number of nitrogens with one attached hydrogen (secondary N) is 1. The Labute approximate surface area is 289 Å². The molecule has 278 valence electrons. The number of esters is 2. The van der Waals surface area contributed by atoms with Gasteiger partial charge in [-0.15, -0.1) is 0 Å². The summed E-state index contributed by atoms with van der Waals surface area (Å²) < 4.78 is 27.1. The van der Waals surface area contributed by atoms with Crippen LogP contribution in [0.25, 0.3) is 0 Å². The Morgan fingerprint density at radius 3 is 1.72 bits per heavy atom. The van der Waals surface area contributed by atoms with Gasteiger partial charge < -0.3 is 35.0 Å². The first-order valence-corrected chi connectivity index (χ1v) is 21.1. The van der Waals surface area contributed by atoms with E-state index in [0.717, 1.165) is 38.5 Å². The monoisotopic (exact) mass is 710 g/mol. The fourth-order valence-corrected chi connectivity index (χ4v) is 6.18. The van der Waals surface area contributed by atoms with E-state index in [2.05, 4.69) is 19.2 Å². The van der Waals surface area contributed by atoms with Crippen molar-refractivity contribution in [2.45, 2.75) is 154 Å². The summed E-state index contributed by atoms with van der Waals surface area (Å²) in [7, 11) is -4.11. The maximum Gasteiger partial charge on any atom is 0.327 e. The van der Waals surface area contributed by atoms with E-state index in [1.165, 1.54) is 88.8 Å². The van der Waals surface area contributed by atoms with E-state index in [9.17, 15) is 18.9 Å². The highest BCUT2D eigenvalue weighted by atomic mass is 32.2. The Bertz CT molecular complexity index is 831. The van der Waals surface area contributed by atoms with Crippen molar-refractivity contribution in [1.29, 1.82) is 0 Å². The minimum atomic E-state index is -4.11. The van der Waals surface area contributed by atoms with E-state index in [1.807, 2.05) is 0 Å². The number of hydrogen-bond donors (Lipinski definition) is 4. The van der Waals surface area contributed by atoms with Gasteiger partial charge in [0.15, 0.2) is 0 Å². The summed E-state index contributed by atoms with van der Waals surface area (Å²) in [5.74, 6) is -0.390. The summed E-state index contributed by atoms with van der Waals surface area (Å²) in [5, 5.41) is 2.63. The third kappa shape index (κ3) is 33.1. The molecule has 0 fully saturated rings. The van der Waals surface area contributed by atoms with Crippen molar-refractivity contribution in [3.8, 4) is 0 Å². The molecule has 0 aromatic rings. The summed E-state index contributed by atoms with van der Waals surface area (Å²) in [6, 6.07) is -0.817. The second-order valence-corrected chi connectivity index (χ2v) is 15.2. The van der Waals surface area contributed by atoms with Gasteiger partial charge >= 0.3 is 19.5 Å². The van der Waals surface area contributed by atoms with Crippen molar-refractivity contribution < 1.29 is 42.9 Å². The number of ether oxygens (including phenoxy) is 3. The topological polar surface area (TPSA) is 174 Å². The summed E-state index contributed by atoms with van der Waals surface area (Å²) in [6.45, 7) is 4.56. The Balaban J connectivity index is 4.49. The number of carbonyl (C=O) groups excluding carboxylic acids is 3. The first kappa shape index (κ1) is 45.8. The molecule has 47 heavy (non-hydrogen) atoms. The van der Waals surface area contributed by atoms with Crippen LogP contribution in [-0.4, -0.2) is 83.8 Å². The molecule has 0 heterocycles. The maximum atomic E-state index is 12.6. The summed E-state index contributed by atoms with van der Waals surface area (Å²) in [6.07, 6.45) is 20.5. The number of thioether (sulfide) groups is 1. The van der Waals surface area contributed by atoms with E-state index in [0.29, 0.717) is 18.6 Å². The van der Waals surface area contributed by atoms with Crippen molar-refractivity contribution in [3.63, 3.8) is 0 Å². The maximum absolute atomic E-state index is 12.6. The minimum absolute atomic E-state index is 0.0276. The molecule has 0 rings (SSSR count). The van der Waals surface area contributed by atoms with Crippen molar-refractivity contribution in [2.75, 3.05) is 44.0 Å². The molecule has 0 aromatic carbocycles. The molecular formula is C34H67N2O9PS. The zero-order valence-corrected chi connectivity index (χ0v) is 31.1. The lowest BCUT2D eigenvalue weighted by Crippen LogP contribution is -2.43. The second kappa shape index (κ2) is 32.1. The number of hydrogen-bond acceptors (Lipinski definition) is 9. The van der Waals surface area contributed by atoms with Gasteiger partial charge in [-0.2, -0.15) is 11.8 Å². The Morgan fingerprint density at radius 1 is 0.723 bits per heavy atom. The fourth-order valence-electron chi connectivity index (χ4n) is 4.84. The molecule has 0 aliphatic carbocycles. The smallest absolute Gasteiger partial charge is 0.327 e. The van der Waals surface area contributed by atoms with Crippen LogP contribution < -0.4 is 11.1 Å². The van der Waals surface area contributed by atoms with Gasteiger partial charge in [-0.1, -0.05) is 117 Å². The number of rotatable bonds is 34. The van der Waals surface area contributed by atoms with Crippen LogP contribution >= 0.6 is 19.4 Å². The molecule has 0 unspecified atom stereocenters. The van der Waals surface area contributed by atoms with Gasteiger partial charge in [0.1, 0.15) is 12.7 Å². The van der Waals surface area contributed by atoms with Crippen LogP contribution in [0, 0.1) is 0 Å². The highest BCUT2D eigenvalue weighted by Gasteiger charge is 2.20. The average molecular weight is 711 g/mol. The van der Waals surface area contributed by atoms with E-state index in [4.69, 9.17) is 29.7 Å². The molecule has 11 nitrogen and oxygen atoms in total. The predicted molar refractivity (Wildman–Crippen MR) is 191 cm³/mol. The number of amides is 1. The van der Waals surface area contributed by atoms with Crippen LogP contribution in [0.5, 0.6) is 0 Å². The van der Waals surface area contributed by atoms with Gasteiger partial charge in [-0.3, -0.25) is 18.9 Å². The van der Waals surface area contributed by atoms with E-state index in [1.54, 1.807) is 0 Å². The largest absolute Gasteiger partial charge is 0.462 e. The van der Waals surface area contributed by atoms with Crippen LogP contribution in [-0.2, 0) is 33.2 Å². The van der Waals surface area contributed by atoms with Crippen LogP contribution in [0.1, 0.15) is 142 Å². The highest BCUT2D eigenvalue weighted by molar-refractivity contribution is 7.99. The first-order chi connectivity index (χ1) is 22.6. The van der Waals surface area contributed by atoms with E-state index >= 15 is 0 Å². The Hall–Kier alpha value is -1.17. The minimum Gasteiger partial charge on any atom is -0.462 e. The number of nitrogens with two attached hydrogens (primary N) is 1. The summed E-state index contributed by atoms with van der Waals surface area (Å²) in [5.41, 5.74) is 6.01. The molecular weight excluding hydrogens is 643 g/mol. The van der Waals surface area contributed by atoms with E-state index < -0.39 is 19.7 Å². The summed E-state index contributed by atoms with van der Waals surface area (Å²) >= 11 is 1.35. The highest BCUT2D eigenvalue weighted by Crippen LogP contribution is 2.33. The molecule has 0 aromatic heterocycles. The molecule has 0 saturated heterocycles. The SMILES string of the molecule is CCCCCCCCCCCC(=O)OC[C@H](CSC[C@@H](N)C(=O)NCCOCCP(=O)(O)O)OC(=O)CCCCCCCCCCC. The zero-order chi connectivity index (χ0) is 35.0. The first-order valence-electron chi connectivity index (χ1n) is 18.2. The Morgan fingerprint density at radius 2 is 1.21 bits per heavy atom. The number of carbonyl (C=O) groups is 3. The normalized spacial score (nSPS) is 12.9. The molecule has 0 spiro atoms. The lowest BCUT2D eigenvalue weighted by molar-refractivity contribution is -0.157. The average Bonchev–Trinajstić information content (AvgIpc) is 3.02. The summed E-state index contributed by atoms with van der Waals surface area (Å²) in [4.78, 5) is 55.0. The lowest BCUT2D eigenvalue weighted by Gasteiger charge is -2.19. The Kier molecular flexibility index (Phi) is 31.3. The third-order valence-corrected chi connectivity index (χ3v) is 9.68. The molecule has 0 aliphatic rings. The lowest BCUT2D eigenvalue weighted by atomic mass is 10.1. The molecule has 5 N–H and O–H groups in total. The van der Waals surface area contributed by atoms with Crippen LogP contribution in [0.15, 0.2) is 0 Å². The van der Waals surface area contributed by atoms with Gasteiger partial charge in [0.2, 0.25) is 5.91 Å². The predicted octanol–water partition coefficient (Wildman–Crippen LogP) is 6.65. The van der Waals surface area contributed by atoms with Crippen LogP contribution in [0.2, 0.25) is 0 Å². The van der Waals surface area contributed by atoms with Crippen molar-refractivity contribution in [1.82, 2.24) is 5.32 Å². The molecule has 0 radical (unpaired) electrons. The van der Waals surface area contributed by atoms with E-state index in [-0.39, 0.29) is 56.1 Å². The van der Waals surface area contributed by atoms with Crippen molar-refractivity contribution >= 4 is 37.2 Å². The standard InChI is InChI=1S/C34H67N2O9PS/c1-3-5-7-9-11-13-15-17-19-21-32(37)44-27-30(45-33(38)22-20-18-16-14-12-10-8-6-4-2)28-47-29-31(35)34(39)36-23-24-43-25-26-46(40,41)42/h30-31H,3-29,35H2,1-2H3,(H,36,39)(H2,40,41,42)/t30-,31-/m1/s1. The molecule has 0 aliphatic heterocycles. The molecule has 13 heteroatoms. The molecule has 1 amide bonds. The van der Waals surface area contributed by atoms with Gasteiger partial charge in [-0.25, -0.2) is 0 Å². The fraction of sp³-hybridized carbons (Fsp3) is 0.912. The van der Waals surface area contributed by atoms with Gasteiger partial charge in [0.05, 0.1) is 25.4 Å². The zero-order valence-electron chi connectivity index (χ0n) is 29.4. The number of unbranched alkanes of at least 4 members (excludes halogenated alkanes) is 16. The second-order valence-electron chi connectivity index (χ2n) is 12.4. The third-order valence-electron chi connectivity index (χ3n) is 7.71. The van der Waals surface area contributed by atoms with Gasteiger partial charge in [0, 0.05) is 30.9 Å². The van der Waals surface area contributed by atoms with Crippen LogP contribution in [0.4, 0.5) is 0 Å².